The highest BCUT2D eigenvalue weighted by atomic mass is 32.1. The van der Waals surface area contributed by atoms with E-state index in [2.05, 4.69) is 25.5 Å². The van der Waals surface area contributed by atoms with Crippen LogP contribution >= 0.6 is 11.3 Å². The van der Waals surface area contributed by atoms with Crippen LogP contribution in [0.2, 0.25) is 0 Å². The quantitative estimate of drug-likeness (QED) is 0.478. The molecular weight excluding hydrogens is 413 g/mol. The Kier molecular flexibility index (Phi) is 5.60. The molecule has 0 bridgehead atoms. The number of hydrogen-bond acceptors (Lipinski definition) is 7. The van der Waals surface area contributed by atoms with Crippen LogP contribution in [0.5, 0.6) is 0 Å². The van der Waals surface area contributed by atoms with Gasteiger partial charge in [0.25, 0.3) is 0 Å². The molecule has 0 spiro atoms. The number of nitrogens with zero attached hydrogens (tertiary/aromatic N) is 4. The van der Waals surface area contributed by atoms with Gasteiger partial charge in [-0.2, -0.15) is 13.2 Å². The summed E-state index contributed by atoms with van der Waals surface area (Å²) in [7, 11) is 0. The second-order valence-corrected chi connectivity index (χ2v) is 7.73. The normalized spacial score (nSPS) is 12.8. The zero-order chi connectivity index (χ0) is 21.1. The van der Waals surface area contributed by atoms with Crippen molar-refractivity contribution in [3.05, 3.63) is 66.1 Å². The lowest BCUT2D eigenvalue weighted by Gasteiger charge is -2.13. The summed E-state index contributed by atoms with van der Waals surface area (Å²) in [5.74, 6) is 0. The predicted molar refractivity (Wildman–Crippen MR) is 110 cm³/mol. The lowest BCUT2D eigenvalue weighted by molar-refractivity contribution is -0.137. The van der Waals surface area contributed by atoms with Crippen LogP contribution in [0.3, 0.4) is 0 Å². The number of rotatable bonds is 6. The van der Waals surface area contributed by atoms with E-state index in [-0.39, 0.29) is 6.04 Å². The molecule has 4 rings (SSSR count). The van der Waals surface area contributed by atoms with Crippen molar-refractivity contribution in [2.45, 2.75) is 18.6 Å². The first kappa shape index (κ1) is 20.2. The summed E-state index contributed by atoms with van der Waals surface area (Å²) in [6, 6.07) is 10.5. The van der Waals surface area contributed by atoms with Gasteiger partial charge >= 0.3 is 6.18 Å². The Morgan fingerprint density at radius 3 is 2.63 bits per heavy atom. The molecule has 10 heteroatoms. The maximum Gasteiger partial charge on any atom is 0.416 e. The number of aromatic nitrogens is 4. The molecule has 0 aliphatic rings. The molecule has 0 radical (unpaired) electrons. The Morgan fingerprint density at radius 2 is 1.87 bits per heavy atom. The van der Waals surface area contributed by atoms with Crippen molar-refractivity contribution in [3.8, 4) is 10.6 Å². The number of anilines is 1. The first-order valence-electron chi connectivity index (χ1n) is 9.08. The van der Waals surface area contributed by atoms with Crippen molar-refractivity contribution in [1.29, 1.82) is 0 Å². The van der Waals surface area contributed by atoms with Gasteiger partial charge in [-0.15, -0.1) is 10.2 Å². The highest BCUT2D eigenvalue weighted by Gasteiger charge is 2.29. The van der Waals surface area contributed by atoms with E-state index in [1.165, 1.54) is 29.8 Å². The third-order valence-electron chi connectivity index (χ3n) is 4.47. The Balaban J connectivity index is 1.35. The molecule has 30 heavy (non-hydrogen) atoms. The summed E-state index contributed by atoms with van der Waals surface area (Å²) in [4.78, 5) is 8.22. The zero-order valence-electron chi connectivity index (χ0n) is 15.6. The molecule has 3 N–H and O–H groups in total. The van der Waals surface area contributed by atoms with Gasteiger partial charge in [0.15, 0.2) is 0 Å². The third-order valence-corrected chi connectivity index (χ3v) is 5.40. The summed E-state index contributed by atoms with van der Waals surface area (Å²) >= 11 is 1.39. The van der Waals surface area contributed by atoms with Crippen LogP contribution in [0.1, 0.15) is 11.1 Å². The van der Waals surface area contributed by atoms with Crippen LogP contribution in [0.4, 0.5) is 18.3 Å². The molecule has 0 aliphatic heterocycles. The highest BCUT2D eigenvalue weighted by molar-refractivity contribution is 7.18. The lowest BCUT2D eigenvalue weighted by Crippen LogP contribution is -2.31. The predicted octanol–water partition coefficient (Wildman–Crippen LogP) is 4.15. The average molecular weight is 430 g/mol. The topological polar surface area (TPSA) is 89.6 Å². The molecule has 1 atom stereocenters. The van der Waals surface area contributed by atoms with Crippen molar-refractivity contribution >= 4 is 27.4 Å². The van der Waals surface area contributed by atoms with Gasteiger partial charge in [-0.05, 0) is 42.3 Å². The molecular formula is C20H17F3N6S. The van der Waals surface area contributed by atoms with Crippen LogP contribution in [0.15, 0.2) is 55.0 Å². The molecule has 0 amide bonds. The largest absolute Gasteiger partial charge is 0.416 e. The van der Waals surface area contributed by atoms with E-state index in [9.17, 15) is 13.2 Å². The van der Waals surface area contributed by atoms with E-state index in [4.69, 9.17) is 5.73 Å². The van der Waals surface area contributed by atoms with Gasteiger partial charge in [-0.25, -0.2) is 9.97 Å². The number of halogens is 3. The van der Waals surface area contributed by atoms with Crippen molar-refractivity contribution in [2.24, 2.45) is 5.73 Å². The van der Waals surface area contributed by atoms with Crippen molar-refractivity contribution in [3.63, 3.8) is 0 Å². The molecule has 2 heterocycles. The minimum atomic E-state index is -4.34. The standard InChI is InChI=1S/C20H17F3N6S/c21-20(22,23)15-4-1-12(2-5-15)7-16(24)10-26-19-29-28-18(30-19)13-3-6-17-14(8-13)9-25-11-27-17/h1-6,8-9,11,16H,7,10,24H2,(H,26,29). The van der Waals surface area contributed by atoms with E-state index in [1.54, 1.807) is 6.20 Å². The molecule has 6 nitrogen and oxygen atoms in total. The fourth-order valence-corrected chi connectivity index (χ4v) is 3.70. The average Bonchev–Trinajstić information content (AvgIpc) is 3.21. The first-order valence-corrected chi connectivity index (χ1v) is 9.89. The summed E-state index contributed by atoms with van der Waals surface area (Å²) in [6.07, 6.45) is -0.646. The Hall–Kier alpha value is -3.11. The van der Waals surface area contributed by atoms with E-state index >= 15 is 0 Å². The second kappa shape index (κ2) is 8.33. The Labute approximate surface area is 174 Å². The maximum atomic E-state index is 12.6. The van der Waals surface area contributed by atoms with Gasteiger partial charge in [0.05, 0.1) is 11.1 Å². The smallest absolute Gasteiger partial charge is 0.359 e. The van der Waals surface area contributed by atoms with Gasteiger partial charge in [-0.1, -0.05) is 23.5 Å². The van der Waals surface area contributed by atoms with Crippen molar-refractivity contribution in [2.75, 3.05) is 11.9 Å². The molecule has 0 saturated carbocycles. The van der Waals surface area contributed by atoms with Gasteiger partial charge in [0, 0.05) is 29.7 Å². The Morgan fingerprint density at radius 1 is 1.07 bits per heavy atom. The minimum Gasteiger partial charge on any atom is -0.359 e. The number of nitrogens with two attached hydrogens (primary N) is 1. The molecule has 154 valence electrons. The van der Waals surface area contributed by atoms with E-state index in [1.807, 2.05) is 18.2 Å². The highest BCUT2D eigenvalue weighted by Crippen LogP contribution is 2.30. The summed E-state index contributed by atoms with van der Waals surface area (Å²) in [5.41, 5.74) is 7.96. The van der Waals surface area contributed by atoms with Crippen LogP contribution < -0.4 is 11.1 Å². The molecule has 0 saturated heterocycles. The van der Waals surface area contributed by atoms with E-state index in [0.717, 1.165) is 39.2 Å². The minimum absolute atomic E-state index is 0.285. The monoisotopic (exact) mass is 430 g/mol. The fraction of sp³-hybridized carbons (Fsp3) is 0.200. The zero-order valence-corrected chi connectivity index (χ0v) is 16.4. The van der Waals surface area contributed by atoms with Gasteiger partial charge in [0.2, 0.25) is 5.13 Å². The molecule has 2 aromatic heterocycles. The van der Waals surface area contributed by atoms with Crippen molar-refractivity contribution < 1.29 is 13.2 Å². The van der Waals surface area contributed by atoms with Crippen molar-refractivity contribution in [1.82, 2.24) is 20.2 Å². The number of hydrogen-bond donors (Lipinski definition) is 2. The first-order chi connectivity index (χ1) is 14.4. The molecule has 2 aromatic carbocycles. The Bertz CT molecular complexity index is 1140. The molecule has 1 unspecified atom stereocenters. The molecule has 4 aromatic rings. The summed E-state index contributed by atoms with van der Waals surface area (Å²) < 4.78 is 37.9. The van der Waals surface area contributed by atoms with Crippen LogP contribution in [-0.4, -0.2) is 32.8 Å². The number of alkyl halides is 3. The molecule has 0 fully saturated rings. The summed E-state index contributed by atoms with van der Waals surface area (Å²) in [5, 5.41) is 13.8. The number of benzene rings is 2. The van der Waals surface area contributed by atoms with E-state index < -0.39 is 11.7 Å². The van der Waals surface area contributed by atoms with Crippen LogP contribution in [0.25, 0.3) is 21.5 Å². The SMILES string of the molecule is NC(CNc1nnc(-c2ccc3ncncc3c2)s1)Cc1ccc(C(F)(F)F)cc1. The van der Waals surface area contributed by atoms with Crippen LogP contribution in [-0.2, 0) is 12.6 Å². The molecule has 0 aliphatic carbocycles. The fourth-order valence-electron chi connectivity index (χ4n) is 2.95. The van der Waals surface area contributed by atoms with Crippen LogP contribution in [0, 0.1) is 0 Å². The number of fused-ring (bicyclic) bond motifs is 1. The van der Waals surface area contributed by atoms with Gasteiger partial charge in [-0.3, -0.25) is 0 Å². The lowest BCUT2D eigenvalue weighted by atomic mass is 10.0. The number of nitrogens with one attached hydrogen (secondary N) is 1. The third kappa shape index (κ3) is 4.71. The second-order valence-electron chi connectivity index (χ2n) is 6.75. The van der Waals surface area contributed by atoms with Gasteiger partial charge in [0.1, 0.15) is 11.3 Å². The maximum absolute atomic E-state index is 12.6. The van der Waals surface area contributed by atoms with Gasteiger partial charge < -0.3 is 11.1 Å². The van der Waals surface area contributed by atoms with E-state index in [0.29, 0.717) is 18.1 Å². The summed E-state index contributed by atoms with van der Waals surface area (Å²) in [6.45, 7) is 0.418.